The van der Waals surface area contributed by atoms with Crippen molar-refractivity contribution in [3.05, 3.63) is 36.0 Å². The number of allylic oxidation sites excluding steroid dienone is 2. The molecule has 5 N–H and O–H groups in total. The Morgan fingerprint density at radius 3 is 2.90 bits per heavy atom. The van der Waals surface area contributed by atoms with Crippen LogP contribution in [-0.4, -0.2) is 53.2 Å². The van der Waals surface area contributed by atoms with E-state index in [2.05, 4.69) is 23.6 Å². The summed E-state index contributed by atoms with van der Waals surface area (Å²) in [5.41, 5.74) is 5.75. The summed E-state index contributed by atoms with van der Waals surface area (Å²) in [5.74, 6) is -1.85. The van der Waals surface area contributed by atoms with Gasteiger partial charge in [-0.3, -0.25) is 9.59 Å². The lowest BCUT2D eigenvalue weighted by atomic mass is 9.81. The van der Waals surface area contributed by atoms with E-state index in [9.17, 15) is 19.5 Å². The summed E-state index contributed by atoms with van der Waals surface area (Å²) >= 11 is 0. The standard InChI is InChI=1S/C23H33N3O5/c1-2-3-4-5-7-15-14-25-18-12-10-16(23(18)21(15)31-23)8-6-9-20(28)26-17(22(29)30)11-13-19(24)27/h6,8-10,12,15,17-18,21,25H,2-5,7,11,13-14H2,1H3,(H2,24,27)(H,26,28)(H,29,30)/b9-6+,16-8?. The second-order valence-corrected chi connectivity index (χ2v) is 8.57. The van der Waals surface area contributed by atoms with E-state index < -0.39 is 23.8 Å². The number of rotatable bonds is 12. The molecule has 2 saturated heterocycles. The van der Waals surface area contributed by atoms with Gasteiger partial charge in [0.15, 0.2) is 0 Å². The molecule has 0 radical (unpaired) electrons. The lowest BCUT2D eigenvalue weighted by Gasteiger charge is -2.29. The normalized spacial score (nSPS) is 30.7. The van der Waals surface area contributed by atoms with Crippen LogP contribution >= 0.6 is 0 Å². The Labute approximate surface area is 183 Å². The molecule has 8 heteroatoms. The van der Waals surface area contributed by atoms with Crippen molar-refractivity contribution in [2.75, 3.05) is 6.54 Å². The van der Waals surface area contributed by atoms with Crippen LogP contribution in [0.2, 0.25) is 0 Å². The Bertz CT molecular complexity index is 790. The number of nitrogens with one attached hydrogen (secondary N) is 2. The van der Waals surface area contributed by atoms with E-state index in [0.717, 1.165) is 18.5 Å². The van der Waals surface area contributed by atoms with Gasteiger partial charge in [0.1, 0.15) is 11.6 Å². The molecule has 0 aromatic rings. The van der Waals surface area contributed by atoms with Gasteiger partial charge < -0.3 is 26.2 Å². The van der Waals surface area contributed by atoms with Gasteiger partial charge in [0.25, 0.3) is 0 Å². The number of ether oxygens (including phenoxy) is 1. The molecule has 2 amide bonds. The van der Waals surface area contributed by atoms with Crippen LogP contribution in [0.5, 0.6) is 0 Å². The molecule has 0 bridgehead atoms. The highest BCUT2D eigenvalue weighted by atomic mass is 16.6. The zero-order valence-electron chi connectivity index (χ0n) is 18.0. The number of piperidine rings is 1. The lowest BCUT2D eigenvalue weighted by Crippen LogP contribution is -2.49. The summed E-state index contributed by atoms with van der Waals surface area (Å²) in [6.07, 6.45) is 15.1. The molecule has 0 aromatic heterocycles. The van der Waals surface area contributed by atoms with Crippen LogP contribution in [0.3, 0.4) is 0 Å². The summed E-state index contributed by atoms with van der Waals surface area (Å²) in [6.45, 7) is 3.17. The molecule has 1 aliphatic carbocycles. The molecular formula is C23H33N3O5. The maximum absolute atomic E-state index is 12.1. The van der Waals surface area contributed by atoms with Gasteiger partial charge in [-0.25, -0.2) is 4.79 Å². The number of hydrogen-bond acceptors (Lipinski definition) is 5. The van der Waals surface area contributed by atoms with Gasteiger partial charge in [0, 0.05) is 25.0 Å². The molecule has 5 unspecified atom stereocenters. The Hall–Kier alpha value is -2.45. The van der Waals surface area contributed by atoms with Crippen molar-refractivity contribution < 1.29 is 24.2 Å². The third-order valence-electron chi connectivity index (χ3n) is 6.34. The first-order valence-electron chi connectivity index (χ1n) is 11.2. The van der Waals surface area contributed by atoms with E-state index in [-0.39, 0.29) is 30.6 Å². The monoisotopic (exact) mass is 431 g/mol. The second kappa shape index (κ2) is 10.2. The van der Waals surface area contributed by atoms with Gasteiger partial charge in [-0.2, -0.15) is 0 Å². The third-order valence-corrected chi connectivity index (χ3v) is 6.34. The number of carbonyl (C=O) groups excluding carboxylic acids is 2. The summed E-state index contributed by atoms with van der Waals surface area (Å²) in [4.78, 5) is 34.2. The Morgan fingerprint density at radius 1 is 1.39 bits per heavy atom. The molecule has 3 rings (SSSR count). The number of nitrogens with two attached hydrogens (primary N) is 1. The van der Waals surface area contributed by atoms with E-state index in [0.29, 0.717) is 5.92 Å². The number of hydrogen-bond donors (Lipinski definition) is 4. The Kier molecular flexibility index (Phi) is 7.67. The fraction of sp³-hybridized carbons (Fsp3) is 0.609. The molecule has 0 saturated carbocycles. The molecule has 1 spiro atoms. The number of carboxylic acids is 1. The van der Waals surface area contributed by atoms with Gasteiger partial charge in [-0.1, -0.05) is 56.9 Å². The van der Waals surface area contributed by atoms with Crippen LogP contribution < -0.4 is 16.4 Å². The predicted molar refractivity (Wildman–Crippen MR) is 116 cm³/mol. The van der Waals surface area contributed by atoms with Crippen molar-refractivity contribution in [3.63, 3.8) is 0 Å². The summed E-state index contributed by atoms with van der Waals surface area (Å²) in [7, 11) is 0. The first-order chi connectivity index (χ1) is 14.9. The molecule has 3 aliphatic rings. The van der Waals surface area contributed by atoms with E-state index in [1.807, 2.05) is 12.2 Å². The summed E-state index contributed by atoms with van der Waals surface area (Å²) < 4.78 is 6.23. The number of epoxide rings is 1. The van der Waals surface area contributed by atoms with Gasteiger partial charge in [0.05, 0.1) is 12.1 Å². The largest absolute Gasteiger partial charge is 0.480 e. The van der Waals surface area contributed by atoms with Crippen LogP contribution in [0.1, 0.15) is 51.9 Å². The fourth-order valence-electron chi connectivity index (χ4n) is 4.64. The second-order valence-electron chi connectivity index (χ2n) is 8.57. The molecular weight excluding hydrogens is 398 g/mol. The van der Waals surface area contributed by atoms with Crippen molar-refractivity contribution in [1.29, 1.82) is 0 Å². The van der Waals surface area contributed by atoms with Crippen molar-refractivity contribution in [2.24, 2.45) is 11.7 Å². The first kappa shape index (κ1) is 23.2. The van der Waals surface area contributed by atoms with E-state index in [1.165, 1.54) is 31.8 Å². The minimum atomic E-state index is -1.20. The average Bonchev–Trinajstić information content (AvgIpc) is 3.39. The van der Waals surface area contributed by atoms with E-state index >= 15 is 0 Å². The van der Waals surface area contributed by atoms with Crippen LogP contribution in [0, 0.1) is 5.92 Å². The van der Waals surface area contributed by atoms with Gasteiger partial charge in [-0.15, -0.1) is 0 Å². The minimum absolute atomic E-state index is 0.0420. The summed E-state index contributed by atoms with van der Waals surface area (Å²) in [5, 5.41) is 15.2. The third kappa shape index (κ3) is 5.43. The predicted octanol–water partition coefficient (Wildman–Crippen LogP) is 1.57. The summed E-state index contributed by atoms with van der Waals surface area (Å²) in [6, 6.07) is -0.998. The van der Waals surface area contributed by atoms with Crippen molar-refractivity contribution >= 4 is 17.8 Å². The molecule has 5 atom stereocenters. The Balaban J connectivity index is 1.55. The van der Waals surface area contributed by atoms with Crippen LogP contribution in [0.15, 0.2) is 36.0 Å². The van der Waals surface area contributed by atoms with Gasteiger partial charge in [-0.05, 0) is 18.4 Å². The Morgan fingerprint density at radius 2 is 2.19 bits per heavy atom. The molecule has 2 fully saturated rings. The highest BCUT2D eigenvalue weighted by Crippen LogP contribution is 2.56. The smallest absolute Gasteiger partial charge is 0.326 e. The highest BCUT2D eigenvalue weighted by molar-refractivity contribution is 5.91. The van der Waals surface area contributed by atoms with Gasteiger partial charge in [0.2, 0.25) is 11.8 Å². The first-order valence-corrected chi connectivity index (χ1v) is 11.2. The maximum Gasteiger partial charge on any atom is 0.326 e. The number of carboxylic acid groups (broad SMARTS) is 1. The zero-order valence-corrected chi connectivity index (χ0v) is 18.0. The van der Waals surface area contributed by atoms with Crippen molar-refractivity contribution in [2.45, 2.75) is 75.7 Å². The molecule has 2 heterocycles. The maximum atomic E-state index is 12.1. The number of carbonyl (C=O) groups is 3. The number of primary amides is 1. The molecule has 170 valence electrons. The fourth-order valence-corrected chi connectivity index (χ4v) is 4.64. The quantitative estimate of drug-likeness (QED) is 0.211. The number of unbranched alkanes of at least 4 members (excludes halogenated alkanes) is 3. The van der Waals surface area contributed by atoms with E-state index in [4.69, 9.17) is 10.5 Å². The lowest BCUT2D eigenvalue weighted by molar-refractivity contribution is -0.141. The number of aliphatic carboxylic acids is 1. The average molecular weight is 432 g/mol. The molecule has 31 heavy (non-hydrogen) atoms. The highest BCUT2D eigenvalue weighted by Gasteiger charge is 2.68. The molecule has 8 nitrogen and oxygen atoms in total. The van der Waals surface area contributed by atoms with E-state index in [1.54, 1.807) is 6.08 Å². The van der Waals surface area contributed by atoms with Crippen molar-refractivity contribution in [1.82, 2.24) is 10.6 Å². The zero-order chi connectivity index (χ0) is 22.4. The van der Waals surface area contributed by atoms with Gasteiger partial charge >= 0.3 is 5.97 Å². The molecule has 0 aromatic carbocycles. The SMILES string of the molecule is CCCCCCC1CNC2C=CC(=C/C=C/C(=O)NC(CCC(N)=O)C(=O)O)C23OC13. The minimum Gasteiger partial charge on any atom is -0.480 e. The van der Waals surface area contributed by atoms with Crippen LogP contribution in [0.25, 0.3) is 0 Å². The topological polar surface area (TPSA) is 134 Å². The van der Waals surface area contributed by atoms with Crippen LogP contribution in [0.4, 0.5) is 0 Å². The van der Waals surface area contributed by atoms with Crippen LogP contribution in [-0.2, 0) is 19.1 Å². The molecule has 2 aliphatic heterocycles. The van der Waals surface area contributed by atoms with Crippen molar-refractivity contribution in [3.8, 4) is 0 Å². The number of amides is 2.